The van der Waals surface area contributed by atoms with Crippen molar-refractivity contribution < 1.29 is 9.47 Å². The number of nitrogens with zero attached hydrogens (tertiary/aromatic N) is 4. The molecule has 0 radical (unpaired) electrons. The van der Waals surface area contributed by atoms with Crippen LogP contribution in [0.3, 0.4) is 0 Å². The van der Waals surface area contributed by atoms with Crippen LogP contribution in [0, 0.1) is 0 Å². The van der Waals surface area contributed by atoms with E-state index in [1.807, 2.05) is 14.1 Å². The van der Waals surface area contributed by atoms with E-state index in [9.17, 15) is 0 Å². The van der Waals surface area contributed by atoms with Gasteiger partial charge in [-0.25, -0.2) is 0 Å². The van der Waals surface area contributed by atoms with Crippen molar-refractivity contribution >= 4 is 17.5 Å². The zero-order valence-electron chi connectivity index (χ0n) is 9.60. The molecule has 7 heteroatoms. The summed E-state index contributed by atoms with van der Waals surface area (Å²) in [4.78, 5) is 13.6. The van der Waals surface area contributed by atoms with Crippen LogP contribution in [0.5, 0.6) is 6.01 Å². The van der Waals surface area contributed by atoms with Gasteiger partial charge in [0.25, 0.3) is 0 Å². The van der Waals surface area contributed by atoms with Crippen LogP contribution in [0.2, 0.25) is 5.28 Å². The summed E-state index contributed by atoms with van der Waals surface area (Å²) >= 11 is 5.74. The van der Waals surface area contributed by atoms with Crippen molar-refractivity contribution in [3.8, 4) is 6.01 Å². The van der Waals surface area contributed by atoms with Gasteiger partial charge in [-0.3, -0.25) is 0 Å². The Balaban J connectivity index is 2.58. The lowest BCUT2D eigenvalue weighted by molar-refractivity contribution is 0.168. The average molecular weight is 247 g/mol. The van der Waals surface area contributed by atoms with Gasteiger partial charge in [0, 0.05) is 34.2 Å². The van der Waals surface area contributed by atoms with E-state index in [0.29, 0.717) is 19.2 Å². The van der Waals surface area contributed by atoms with E-state index in [4.69, 9.17) is 21.1 Å². The zero-order chi connectivity index (χ0) is 12.0. The smallest absolute Gasteiger partial charge is 0.322 e. The Morgan fingerprint density at radius 2 is 1.94 bits per heavy atom. The summed E-state index contributed by atoms with van der Waals surface area (Å²) in [5.74, 6) is 0.474. The Kier molecular flexibility index (Phi) is 5.21. The number of anilines is 1. The molecule has 0 saturated carbocycles. The summed E-state index contributed by atoms with van der Waals surface area (Å²) < 4.78 is 10.2. The van der Waals surface area contributed by atoms with Crippen molar-refractivity contribution in [1.82, 2.24) is 15.0 Å². The van der Waals surface area contributed by atoms with Gasteiger partial charge >= 0.3 is 6.01 Å². The second-order valence-corrected chi connectivity index (χ2v) is 3.61. The lowest BCUT2D eigenvalue weighted by Crippen LogP contribution is -2.14. The maximum Gasteiger partial charge on any atom is 0.322 e. The van der Waals surface area contributed by atoms with Gasteiger partial charge in [-0.05, 0) is 11.6 Å². The van der Waals surface area contributed by atoms with Crippen molar-refractivity contribution in [2.75, 3.05) is 39.3 Å². The summed E-state index contributed by atoms with van der Waals surface area (Å²) in [6, 6.07) is 0.236. The molecule has 1 aromatic heterocycles. The molecule has 0 aliphatic carbocycles. The molecule has 0 amide bonds. The fourth-order valence-electron chi connectivity index (χ4n) is 0.953. The van der Waals surface area contributed by atoms with Gasteiger partial charge in [0.05, 0.1) is 6.61 Å². The molecule has 0 aliphatic heterocycles. The first-order chi connectivity index (χ1) is 7.63. The van der Waals surface area contributed by atoms with E-state index in [1.54, 1.807) is 12.0 Å². The van der Waals surface area contributed by atoms with Gasteiger partial charge in [0.1, 0.15) is 0 Å². The Labute approximate surface area is 99.6 Å². The molecule has 0 N–H and O–H groups in total. The minimum absolute atomic E-state index is 0.125. The van der Waals surface area contributed by atoms with Crippen molar-refractivity contribution in [3.05, 3.63) is 5.28 Å². The number of ether oxygens (including phenoxy) is 2. The van der Waals surface area contributed by atoms with Crippen LogP contribution >= 0.6 is 11.6 Å². The Morgan fingerprint density at radius 1 is 1.19 bits per heavy atom. The molecule has 16 heavy (non-hydrogen) atoms. The number of rotatable bonds is 6. The number of methoxy groups -OCH3 is 1. The van der Waals surface area contributed by atoms with Gasteiger partial charge in [-0.2, -0.15) is 15.0 Å². The predicted octanol–water partition coefficient (Wildman–Crippen LogP) is 1.01. The third-order valence-corrected chi connectivity index (χ3v) is 1.87. The van der Waals surface area contributed by atoms with Crippen molar-refractivity contribution in [1.29, 1.82) is 0 Å². The normalized spacial score (nSPS) is 10.2. The Morgan fingerprint density at radius 3 is 2.56 bits per heavy atom. The monoisotopic (exact) mass is 246 g/mol. The molecule has 0 unspecified atom stereocenters. The molecule has 0 bridgehead atoms. The maximum atomic E-state index is 5.74. The minimum atomic E-state index is 0.125. The van der Waals surface area contributed by atoms with Crippen molar-refractivity contribution in [3.63, 3.8) is 0 Å². The number of hydrogen-bond acceptors (Lipinski definition) is 6. The summed E-state index contributed by atoms with van der Waals surface area (Å²) in [5, 5.41) is 0.125. The van der Waals surface area contributed by atoms with Crippen LogP contribution in [-0.2, 0) is 4.74 Å². The quantitative estimate of drug-likeness (QED) is 0.698. The van der Waals surface area contributed by atoms with Gasteiger partial charge in [-0.15, -0.1) is 0 Å². The SMILES string of the molecule is COCCCOc1nc(Cl)nc(N(C)C)n1. The average Bonchev–Trinajstić information content (AvgIpc) is 2.23. The maximum absolute atomic E-state index is 5.74. The van der Waals surface area contributed by atoms with Gasteiger partial charge in [-0.1, -0.05) is 0 Å². The van der Waals surface area contributed by atoms with Crippen molar-refractivity contribution in [2.24, 2.45) is 0 Å². The molecular formula is C9H15ClN4O2. The number of hydrogen-bond donors (Lipinski definition) is 0. The molecule has 6 nitrogen and oxygen atoms in total. The lowest BCUT2D eigenvalue weighted by Gasteiger charge is -2.11. The second kappa shape index (κ2) is 6.44. The van der Waals surface area contributed by atoms with Crippen LogP contribution in [0.1, 0.15) is 6.42 Å². The van der Waals surface area contributed by atoms with E-state index in [0.717, 1.165) is 6.42 Å². The van der Waals surface area contributed by atoms with Crippen LogP contribution < -0.4 is 9.64 Å². The Bertz CT molecular complexity index is 335. The molecule has 1 aromatic rings. The number of halogens is 1. The van der Waals surface area contributed by atoms with Gasteiger partial charge < -0.3 is 14.4 Å². The molecular weight excluding hydrogens is 232 g/mol. The van der Waals surface area contributed by atoms with E-state index in [1.165, 1.54) is 0 Å². The highest BCUT2D eigenvalue weighted by atomic mass is 35.5. The fraction of sp³-hybridized carbons (Fsp3) is 0.667. The number of aromatic nitrogens is 3. The lowest BCUT2D eigenvalue weighted by atomic mass is 10.5. The van der Waals surface area contributed by atoms with E-state index in [2.05, 4.69) is 15.0 Å². The van der Waals surface area contributed by atoms with E-state index < -0.39 is 0 Å². The summed E-state index contributed by atoms with van der Waals surface area (Å²) in [5.41, 5.74) is 0. The first kappa shape index (κ1) is 12.9. The molecule has 0 aliphatic rings. The van der Waals surface area contributed by atoms with Crippen LogP contribution in [0.4, 0.5) is 5.95 Å². The highest BCUT2D eigenvalue weighted by molar-refractivity contribution is 6.28. The summed E-state index contributed by atoms with van der Waals surface area (Å²) in [6.07, 6.45) is 0.775. The zero-order valence-corrected chi connectivity index (χ0v) is 10.4. The molecule has 90 valence electrons. The largest absolute Gasteiger partial charge is 0.463 e. The fourth-order valence-corrected chi connectivity index (χ4v) is 1.10. The first-order valence-electron chi connectivity index (χ1n) is 4.84. The standard InChI is InChI=1S/C9H15ClN4O2/c1-14(2)8-11-7(10)12-9(13-8)16-6-4-5-15-3/h4-6H2,1-3H3. The second-order valence-electron chi connectivity index (χ2n) is 3.28. The molecule has 1 heterocycles. The summed E-state index contributed by atoms with van der Waals surface area (Å²) in [7, 11) is 5.28. The molecule has 1 rings (SSSR count). The topological polar surface area (TPSA) is 60.4 Å². The van der Waals surface area contributed by atoms with E-state index in [-0.39, 0.29) is 11.3 Å². The first-order valence-corrected chi connectivity index (χ1v) is 5.22. The summed E-state index contributed by atoms with van der Waals surface area (Å²) in [6.45, 7) is 1.13. The van der Waals surface area contributed by atoms with E-state index >= 15 is 0 Å². The van der Waals surface area contributed by atoms with Gasteiger partial charge in [0.15, 0.2) is 0 Å². The molecule has 0 saturated heterocycles. The third-order valence-electron chi connectivity index (χ3n) is 1.70. The van der Waals surface area contributed by atoms with Crippen LogP contribution in [0.15, 0.2) is 0 Å². The highest BCUT2D eigenvalue weighted by Gasteiger charge is 2.07. The Hall–Kier alpha value is -1.14. The highest BCUT2D eigenvalue weighted by Crippen LogP contribution is 2.13. The molecule has 0 spiro atoms. The minimum Gasteiger partial charge on any atom is -0.463 e. The molecule has 0 atom stereocenters. The van der Waals surface area contributed by atoms with Crippen LogP contribution in [0.25, 0.3) is 0 Å². The predicted molar refractivity (Wildman–Crippen MR) is 61.2 cm³/mol. The molecule has 0 fully saturated rings. The van der Waals surface area contributed by atoms with Gasteiger partial charge in [0.2, 0.25) is 11.2 Å². The van der Waals surface area contributed by atoms with Crippen LogP contribution in [-0.4, -0.2) is 49.4 Å². The third kappa shape index (κ3) is 4.16. The van der Waals surface area contributed by atoms with Crippen molar-refractivity contribution in [2.45, 2.75) is 6.42 Å². The molecule has 0 aromatic carbocycles.